The van der Waals surface area contributed by atoms with Gasteiger partial charge in [-0.05, 0) is 56.1 Å². The minimum absolute atomic E-state index is 0.277. The van der Waals surface area contributed by atoms with E-state index in [2.05, 4.69) is 12.2 Å². The van der Waals surface area contributed by atoms with Crippen molar-refractivity contribution in [1.29, 1.82) is 0 Å². The summed E-state index contributed by atoms with van der Waals surface area (Å²) in [6.45, 7) is 3.26. The summed E-state index contributed by atoms with van der Waals surface area (Å²) in [7, 11) is 1.67. The first-order valence-corrected chi connectivity index (χ1v) is 11.6. The summed E-state index contributed by atoms with van der Waals surface area (Å²) >= 11 is 5.93. The van der Waals surface area contributed by atoms with Crippen LogP contribution in [0.1, 0.15) is 25.3 Å². The summed E-state index contributed by atoms with van der Waals surface area (Å²) < 4.78 is 11.3. The third kappa shape index (κ3) is 9.81. The summed E-state index contributed by atoms with van der Waals surface area (Å²) in [5, 5.41) is 20.9. The summed E-state index contributed by atoms with van der Waals surface area (Å²) in [6.07, 6.45) is 3.07. The van der Waals surface area contributed by atoms with Gasteiger partial charge < -0.3 is 30.7 Å². The minimum atomic E-state index is -1.26. The van der Waals surface area contributed by atoms with Crippen molar-refractivity contribution in [1.82, 2.24) is 4.98 Å². The van der Waals surface area contributed by atoms with E-state index in [4.69, 9.17) is 42.0 Å². The number of aliphatic carboxylic acids is 2. The number of pyridine rings is 1. The number of rotatable bonds is 11. The zero-order chi connectivity index (χ0) is 26.5. The predicted molar refractivity (Wildman–Crippen MR) is 140 cm³/mol. The van der Waals surface area contributed by atoms with Gasteiger partial charge in [-0.3, -0.25) is 0 Å². The number of nitrogens with two attached hydrogens (primary N) is 1. The molecule has 5 N–H and O–H groups in total. The van der Waals surface area contributed by atoms with Crippen molar-refractivity contribution in [3.8, 4) is 11.6 Å². The number of carboxylic acid groups (broad SMARTS) is 2. The maximum atomic E-state index is 9.55. The Labute approximate surface area is 214 Å². The maximum Gasteiger partial charge on any atom is 0.328 e. The molecule has 1 aromatic heterocycles. The third-order valence-corrected chi connectivity index (χ3v) is 5.14. The molecule has 0 aliphatic carbocycles. The van der Waals surface area contributed by atoms with Crippen LogP contribution in [0, 0.1) is 0 Å². The van der Waals surface area contributed by atoms with Crippen LogP contribution in [0.3, 0.4) is 0 Å². The van der Waals surface area contributed by atoms with Crippen LogP contribution in [0.2, 0.25) is 5.02 Å². The van der Waals surface area contributed by atoms with Crippen molar-refractivity contribution in [2.45, 2.75) is 32.4 Å². The normalized spacial score (nSPS) is 11.4. The van der Waals surface area contributed by atoms with Crippen LogP contribution in [0.4, 0.5) is 5.69 Å². The van der Waals surface area contributed by atoms with Gasteiger partial charge in [0.15, 0.2) is 0 Å². The lowest BCUT2D eigenvalue weighted by molar-refractivity contribution is -0.134. The van der Waals surface area contributed by atoms with Crippen molar-refractivity contribution in [2.24, 2.45) is 5.73 Å². The van der Waals surface area contributed by atoms with Gasteiger partial charge in [0.1, 0.15) is 12.4 Å². The molecule has 36 heavy (non-hydrogen) atoms. The predicted octanol–water partition coefficient (Wildman–Crippen LogP) is 4.73. The van der Waals surface area contributed by atoms with Crippen LogP contribution in [0.5, 0.6) is 11.6 Å². The smallest absolute Gasteiger partial charge is 0.328 e. The van der Waals surface area contributed by atoms with E-state index in [0.29, 0.717) is 36.2 Å². The number of anilines is 1. The number of halogens is 1. The van der Waals surface area contributed by atoms with Gasteiger partial charge in [0, 0.05) is 40.7 Å². The fourth-order valence-corrected chi connectivity index (χ4v) is 3.27. The van der Waals surface area contributed by atoms with E-state index in [9.17, 15) is 9.59 Å². The first-order valence-electron chi connectivity index (χ1n) is 11.2. The highest BCUT2D eigenvalue weighted by Gasteiger charge is 2.11. The molecule has 3 aromatic rings. The molecule has 0 spiro atoms. The van der Waals surface area contributed by atoms with E-state index in [1.165, 1.54) is 0 Å². The standard InChI is InChI=1S/C22H26ClN3O2.C4H4O4/c1-15(4-3-11-24)25-20-13-19(27-2)12-17-7-10-21(26-22(17)20)28-14-16-5-8-18(23)9-6-16;5-3(6)1-2-4(7)8/h5-10,12-13,15,25H,3-4,11,14,24H2,1-2H3;1-2H,(H,5,6)(H,7,8)/b;2-1-. The lowest BCUT2D eigenvalue weighted by atomic mass is 10.1. The number of carboxylic acids is 2. The second-order valence-electron chi connectivity index (χ2n) is 7.80. The zero-order valence-electron chi connectivity index (χ0n) is 20.1. The average Bonchev–Trinajstić information content (AvgIpc) is 2.86. The van der Waals surface area contributed by atoms with E-state index < -0.39 is 11.9 Å². The molecule has 0 bridgehead atoms. The molecular formula is C26H30ClN3O6. The molecule has 10 heteroatoms. The van der Waals surface area contributed by atoms with Crippen LogP contribution in [0.15, 0.2) is 60.7 Å². The number of carbonyl (C=O) groups is 2. The van der Waals surface area contributed by atoms with Crippen molar-refractivity contribution >= 4 is 40.1 Å². The lowest BCUT2D eigenvalue weighted by Gasteiger charge is -2.17. The third-order valence-electron chi connectivity index (χ3n) is 4.89. The number of aromatic nitrogens is 1. The van der Waals surface area contributed by atoms with E-state index in [1.807, 2.05) is 48.5 Å². The van der Waals surface area contributed by atoms with Gasteiger partial charge in [0.05, 0.1) is 18.3 Å². The minimum Gasteiger partial charge on any atom is -0.497 e. The largest absolute Gasteiger partial charge is 0.497 e. The quantitative estimate of drug-likeness (QED) is 0.266. The van der Waals surface area contributed by atoms with Gasteiger partial charge in [-0.25, -0.2) is 14.6 Å². The molecule has 0 amide bonds. The Hall–Kier alpha value is -3.82. The Balaban J connectivity index is 0.000000493. The number of hydrogen-bond donors (Lipinski definition) is 4. The molecule has 192 valence electrons. The van der Waals surface area contributed by atoms with E-state index in [-0.39, 0.29) is 6.04 Å². The van der Waals surface area contributed by atoms with Gasteiger partial charge in [-0.2, -0.15) is 0 Å². The second kappa shape index (κ2) is 14.6. The van der Waals surface area contributed by atoms with Crippen molar-refractivity contribution in [3.63, 3.8) is 0 Å². The fourth-order valence-electron chi connectivity index (χ4n) is 3.14. The number of hydrogen-bond acceptors (Lipinski definition) is 7. The summed E-state index contributed by atoms with van der Waals surface area (Å²) in [4.78, 5) is 23.8. The van der Waals surface area contributed by atoms with E-state index >= 15 is 0 Å². The summed E-state index contributed by atoms with van der Waals surface area (Å²) in [5.41, 5.74) is 8.45. The Kier molecular flexibility index (Phi) is 11.5. The van der Waals surface area contributed by atoms with Crippen molar-refractivity contribution in [3.05, 3.63) is 71.3 Å². The molecule has 0 saturated heterocycles. The summed E-state index contributed by atoms with van der Waals surface area (Å²) in [6, 6.07) is 15.7. The molecule has 0 radical (unpaired) electrons. The number of methoxy groups -OCH3 is 1. The first kappa shape index (κ1) is 28.4. The van der Waals surface area contributed by atoms with Gasteiger partial charge >= 0.3 is 11.9 Å². The summed E-state index contributed by atoms with van der Waals surface area (Å²) in [5.74, 6) is -1.15. The van der Waals surface area contributed by atoms with Crippen LogP contribution >= 0.6 is 11.6 Å². The van der Waals surface area contributed by atoms with Gasteiger partial charge in [-0.1, -0.05) is 23.7 Å². The van der Waals surface area contributed by atoms with Crippen LogP contribution < -0.4 is 20.5 Å². The highest BCUT2D eigenvalue weighted by molar-refractivity contribution is 6.30. The number of nitrogens with one attached hydrogen (secondary N) is 1. The number of benzene rings is 2. The molecule has 0 aliphatic rings. The van der Waals surface area contributed by atoms with Gasteiger partial charge in [-0.15, -0.1) is 0 Å². The van der Waals surface area contributed by atoms with E-state index in [0.717, 1.165) is 40.7 Å². The van der Waals surface area contributed by atoms with E-state index in [1.54, 1.807) is 7.11 Å². The molecule has 1 unspecified atom stereocenters. The maximum absolute atomic E-state index is 9.55. The topological polar surface area (TPSA) is 144 Å². The monoisotopic (exact) mass is 515 g/mol. The van der Waals surface area contributed by atoms with Crippen molar-refractivity contribution < 1.29 is 29.3 Å². The second-order valence-corrected chi connectivity index (χ2v) is 8.23. The van der Waals surface area contributed by atoms with Gasteiger partial charge in [0.25, 0.3) is 0 Å². The Morgan fingerprint density at radius 1 is 1.11 bits per heavy atom. The Bertz CT molecular complexity index is 1170. The average molecular weight is 516 g/mol. The number of fused-ring (bicyclic) bond motifs is 1. The molecule has 1 heterocycles. The lowest BCUT2D eigenvalue weighted by Crippen LogP contribution is -2.17. The first-order chi connectivity index (χ1) is 17.2. The van der Waals surface area contributed by atoms with Gasteiger partial charge in [0.2, 0.25) is 5.88 Å². The highest BCUT2D eigenvalue weighted by atomic mass is 35.5. The molecule has 0 aliphatic heterocycles. The van der Waals surface area contributed by atoms with Crippen LogP contribution in [0.25, 0.3) is 10.9 Å². The molecule has 0 saturated carbocycles. The molecule has 1 atom stereocenters. The molecule has 9 nitrogen and oxygen atoms in total. The number of nitrogens with zero attached hydrogens (tertiary/aromatic N) is 1. The van der Waals surface area contributed by atoms with Crippen LogP contribution in [-0.2, 0) is 16.2 Å². The Morgan fingerprint density at radius 3 is 2.36 bits per heavy atom. The zero-order valence-corrected chi connectivity index (χ0v) is 20.9. The molecule has 0 fully saturated rings. The van der Waals surface area contributed by atoms with Crippen molar-refractivity contribution in [2.75, 3.05) is 19.0 Å². The molecular weight excluding hydrogens is 486 g/mol. The highest BCUT2D eigenvalue weighted by Crippen LogP contribution is 2.30. The molecule has 3 rings (SSSR count). The molecule has 2 aromatic carbocycles. The van der Waals surface area contributed by atoms with Crippen LogP contribution in [-0.4, -0.2) is 46.8 Å². The SMILES string of the molecule is COc1cc(NC(C)CCCN)c2nc(OCc3ccc(Cl)cc3)ccc2c1.O=C(O)/C=C\C(=O)O. The fraction of sp³-hybridized carbons (Fsp3) is 0.269. The number of ether oxygens (including phenoxy) is 2. The Morgan fingerprint density at radius 2 is 1.78 bits per heavy atom.